The van der Waals surface area contributed by atoms with E-state index in [2.05, 4.69) is 28.2 Å². The summed E-state index contributed by atoms with van der Waals surface area (Å²) in [6, 6.07) is 8.32. The fourth-order valence-corrected chi connectivity index (χ4v) is 2.68. The van der Waals surface area contributed by atoms with E-state index in [1.807, 2.05) is 20.0 Å². The summed E-state index contributed by atoms with van der Waals surface area (Å²) >= 11 is 0. The number of aryl methyl sites for hydroxylation is 2. The normalized spacial score (nSPS) is 13.8. The predicted octanol–water partition coefficient (Wildman–Crippen LogP) is 2.24. The molecule has 1 aromatic heterocycles. The molecule has 2 heterocycles. The highest BCUT2D eigenvalue weighted by molar-refractivity contribution is 5.87. The van der Waals surface area contributed by atoms with E-state index in [4.69, 9.17) is 0 Å². The molecule has 0 saturated carbocycles. The van der Waals surface area contributed by atoms with Crippen LogP contribution < -0.4 is 4.90 Å². The van der Waals surface area contributed by atoms with Crippen molar-refractivity contribution in [3.63, 3.8) is 0 Å². The second kappa shape index (κ2) is 3.98. The zero-order valence-electron chi connectivity index (χ0n) is 10.6. The van der Waals surface area contributed by atoms with Crippen molar-refractivity contribution in [3.8, 4) is 0 Å². The summed E-state index contributed by atoms with van der Waals surface area (Å²) < 4.78 is 1.79. The first kappa shape index (κ1) is 11.0. The minimum atomic E-state index is 0.689. The second-order valence-corrected chi connectivity index (χ2v) is 4.59. The quantitative estimate of drug-likeness (QED) is 0.757. The van der Waals surface area contributed by atoms with Crippen molar-refractivity contribution in [2.75, 3.05) is 11.4 Å². The van der Waals surface area contributed by atoms with Crippen LogP contribution in [0.25, 0.3) is 0 Å². The number of hydrogen-bond acceptors (Lipinski definition) is 3. The number of benzene rings is 1. The number of carbonyl (C=O) groups excluding carboxylic acids is 1. The van der Waals surface area contributed by atoms with Gasteiger partial charge >= 0.3 is 0 Å². The molecule has 0 aliphatic carbocycles. The minimum absolute atomic E-state index is 0.689. The summed E-state index contributed by atoms with van der Waals surface area (Å²) in [6.07, 6.45) is 1.91. The highest BCUT2D eigenvalue weighted by Gasteiger charge is 2.25. The molecule has 1 aliphatic rings. The van der Waals surface area contributed by atoms with Crippen LogP contribution in [0.3, 0.4) is 0 Å². The third-order valence-electron chi connectivity index (χ3n) is 3.50. The van der Waals surface area contributed by atoms with Gasteiger partial charge in [-0.15, -0.1) is 0 Å². The van der Waals surface area contributed by atoms with E-state index >= 15 is 0 Å². The molecule has 4 heteroatoms. The Morgan fingerprint density at radius 1 is 1.33 bits per heavy atom. The average Bonchev–Trinajstić information content (AvgIpc) is 2.89. The van der Waals surface area contributed by atoms with Gasteiger partial charge in [-0.1, -0.05) is 18.2 Å². The smallest absolute Gasteiger partial charge is 0.155 e. The third kappa shape index (κ3) is 1.45. The van der Waals surface area contributed by atoms with Gasteiger partial charge in [0.25, 0.3) is 0 Å². The fourth-order valence-electron chi connectivity index (χ4n) is 2.68. The Kier molecular flexibility index (Phi) is 2.44. The molecule has 0 amide bonds. The first-order chi connectivity index (χ1) is 8.72. The third-order valence-corrected chi connectivity index (χ3v) is 3.50. The lowest BCUT2D eigenvalue weighted by Crippen LogP contribution is -2.18. The maximum Gasteiger partial charge on any atom is 0.155 e. The highest BCUT2D eigenvalue weighted by atomic mass is 16.1. The van der Waals surface area contributed by atoms with Gasteiger partial charge in [0, 0.05) is 19.3 Å². The lowest BCUT2D eigenvalue weighted by molar-refractivity contribution is 0.112. The molecule has 4 nitrogen and oxygen atoms in total. The molecule has 0 atom stereocenters. The van der Waals surface area contributed by atoms with E-state index in [1.165, 1.54) is 11.3 Å². The molecule has 92 valence electrons. The topological polar surface area (TPSA) is 38.1 Å². The number of para-hydroxylation sites is 1. The summed E-state index contributed by atoms with van der Waals surface area (Å²) in [7, 11) is 1.89. The predicted molar refractivity (Wildman–Crippen MR) is 70.5 cm³/mol. The number of hydrogen-bond donors (Lipinski definition) is 0. The van der Waals surface area contributed by atoms with E-state index in [1.54, 1.807) is 4.68 Å². The Morgan fingerprint density at radius 2 is 2.11 bits per heavy atom. The molecule has 0 spiro atoms. The van der Waals surface area contributed by atoms with Crippen molar-refractivity contribution >= 4 is 17.8 Å². The van der Waals surface area contributed by atoms with Crippen LogP contribution in [0.2, 0.25) is 0 Å². The van der Waals surface area contributed by atoms with Crippen molar-refractivity contribution in [3.05, 3.63) is 41.1 Å². The zero-order chi connectivity index (χ0) is 12.7. The standard InChI is InChI=1S/C14H15N3O/c1-10-12(9-18)14(16(2)15-10)17-8-7-11-5-3-4-6-13(11)17/h3-6,9H,7-8H2,1-2H3. The second-order valence-electron chi connectivity index (χ2n) is 4.59. The summed E-state index contributed by atoms with van der Waals surface area (Å²) in [4.78, 5) is 13.4. The molecule has 1 aliphatic heterocycles. The van der Waals surface area contributed by atoms with Gasteiger partial charge < -0.3 is 4.90 Å². The first-order valence-electron chi connectivity index (χ1n) is 6.06. The van der Waals surface area contributed by atoms with Crippen LogP contribution in [-0.2, 0) is 13.5 Å². The molecule has 0 N–H and O–H groups in total. The maximum absolute atomic E-state index is 11.3. The van der Waals surface area contributed by atoms with Crippen LogP contribution in [0, 0.1) is 6.92 Å². The molecule has 0 unspecified atom stereocenters. The van der Waals surface area contributed by atoms with E-state index in [9.17, 15) is 4.79 Å². The first-order valence-corrected chi connectivity index (χ1v) is 6.06. The Hall–Kier alpha value is -2.10. The van der Waals surface area contributed by atoms with E-state index in [0.29, 0.717) is 5.56 Å². The van der Waals surface area contributed by atoms with Gasteiger partial charge in [0.15, 0.2) is 6.29 Å². The molecule has 3 rings (SSSR count). The molecule has 0 fully saturated rings. The fraction of sp³-hybridized carbons (Fsp3) is 0.286. The van der Waals surface area contributed by atoms with Crippen LogP contribution in [0.5, 0.6) is 0 Å². The van der Waals surface area contributed by atoms with Gasteiger partial charge in [-0.2, -0.15) is 5.10 Å². The molecule has 1 aromatic carbocycles. The van der Waals surface area contributed by atoms with Gasteiger partial charge in [-0.25, -0.2) is 0 Å². The number of aldehydes is 1. The molecule has 0 bridgehead atoms. The Bertz CT molecular complexity index is 615. The van der Waals surface area contributed by atoms with E-state index in [0.717, 1.165) is 30.8 Å². The number of carbonyl (C=O) groups is 1. The average molecular weight is 241 g/mol. The van der Waals surface area contributed by atoms with Crippen LogP contribution in [0.1, 0.15) is 21.6 Å². The van der Waals surface area contributed by atoms with Crippen molar-refractivity contribution in [2.45, 2.75) is 13.3 Å². The minimum Gasteiger partial charge on any atom is -0.325 e. The van der Waals surface area contributed by atoms with Gasteiger partial charge in [0.05, 0.1) is 11.3 Å². The number of fused-ring (bicyclic) bond motifs is 1. The molecule has 2 aromatic rings. The number of rotatable bonds is 2. The lowest BCUT2D eigenvalue weighted by Gasteiger charge is -2.20. The van der Waals surface area contributed by atoms with Crippen LogP contribution in [0.15, 0.2) is 24.3 Å². The van der Waals surface area contributed by atoms with Crippen LogP contribution in [0.4, 0.5) is 11.5 Å². The van der Waals surface area contributed by atoms with Gasteiger partial charge in [0.2, 0.25) is 0 Å². The number of nitrogens with zero attached hydrogens (tertiary/aromatic N) is 3. The van der Waals surface area contributed by atoms with Gasteiger partial charge in [0.1, 0.15) is 5.82 Å². The Labute approximate surface area is 106 Å². The van der Waals surface area contributed by atoms with Crippen LogP contribution in [-0.4, -0.2) is 22.6 Å². The van der Waals surface area contributed by atoms with Crippen molar-refractivity contribution in [2.24, 2.45) is 7.05 Å². The van der Waals surface area contributed by atoms with Crippen molar-refractivity contribution in [1.82, 2.24) is 9.78 Å². The summed E-state index contributed by atoms with van der Waals surface area (Å²) in [5.74, 6) is 0.896. The largest absolute Gasteiger partial charge is 0.325 e. The summed E-state index contributed by atoms with van der Waals surface area (Å²) in [5, 5.41) is 4.34. The SMILES string of the molecule is Cc1nn(C)c(N2CCc3ccccc32)c1C=O. The molecular weight excluding hydrogens is 226 g/mol. The van der Waals surface area contributed by atoms with Gasteiger partial charge in [-0.3, -0.25) is 9.48 Å². The van der Waals surface area contributed by atoms with E-state index in [-0.39, 0.29) is 0 Å². The highest BCUT2D eigenvalue weighted by Crippen LogP contribution is 2.36. The van der Waals surface area contributed by atoms with Crippen molar-refractivity contribution < 1.29 is 4.79 Å². The molecule has 18 heavy (non-hydrogen) atoms. The summed E-state index contributed by atoms with van der Waals surface area (Å²) in [5.41, 5.74) is 3.98. The Balaban J connectivity index is 2.16. The Morgan fingerprint density at radius 3 is 2.89 bits per heavy atom. The molecule has 0 saturated heterocycles. The van der Waals surface area contributed by atoms with Crippen LogP contribution >= 0.6 is 0 Å². The zero-order valence-corrected chi connectivity index (χ0v) is 10.6. The number of anilines is 2. The summed E-state index contributed by atoms with van der Waals surface area (Å²) in [6.45, 7) is 2.77. The monoisotopic (exact) mass is 241 g/mol. The van der Waals surface area contributed by atoms with Crippen molar-refractivity contribution in [1.29, 1.82) is 0 Å². The molecule has 0 radical (unpaired) electrons. The van der Waals surface area contributed by atoms with E-state index < -0.39 is 0 Å². The molecular formula is C14H15N3O. The maximum atomic E-state index is 11.3. The van der Waals surface area contributed by atoms with Gasteiger partial charge in [-0.05, 0) is 25.0 Å². The lowest BCUT2D eigenvalue weighted by atomic mass is 10.2. The number of aromatic nitrogens is 2.